The molecule has 31 heavy (non-hydrogen) atoms. The number of anilines is 2. The fraction of sp³-hybridized carbons (Fsp3) is 0.292. The van der Waals surface area contributed by atoms with Crippen LogP contribution in [0.15, 0.2) is 54.6 Å². The Labute approximate surface area is 181 Å². The van der Waals surface area contributed by atoms with Gasteiger partial charge in [-0.3, -0.25) is 9.59 Å². The third-order valence-corrected chi connectivity index (χ3v) is 5.32. The highest BCUT2D eigenvalue weighted by molar-refractivity contribution is 6.04. The number of nitrogens with one attached hydrogen (secondary N) is 1. The van der Waals surface area contributed by atoms with E-state index in [4.69, 9.17) is 4.74 Å². The summed E-state index contributed by atoms with van der Waals surface area (Å²) in [6, 6.07) is 17.0. The molecule has 1 fully saturated rings. The maximum atomic E-state index is 12.9. The van der Waals surface area contributed by atoms with Gasteiger partial charge in [-0.1, -0.05) is 18.2 Å². The lowest BCUT2D eigenvalue weighted by atomic mass is 10.1. The van der Waals surface area contributed by atoms with Crippen molar-refractivity contribution in [1.29, 1.82) is 0 Å². The smallest absolute Gasteiger partial charge is 0.229 e. The maximum Gasteiger partial charge on any atom is 0.229 e. The Hall–Kier alpha value is -3.61. The molecule has 2 heterocycles. The largest absolute Gasteiger partial charge is 0.492 e. The van der Waals surface area contributed by atoms with Crippen molar-refractivity contribution in [2.75, 3.05) is 23.4 Å². The van der Waals surface area contributed by atoms with Crippen LogP contribution in [-0.2, 0) is 9.59 Å². The van der Waals surface area contributed by atoms with Crippen LogP contribution in [0.25, 0.3) is 5.69 Å². The van der Waals surface area contributed by atoms with Gasteiger partial charge in [-0.15, -0.1) is 0 Å². The van der Waals surface area contributed by atoms with E-state index in [0.29, 0.717) is 30.3 Å². The van der Waals surface area contributed by atoms with E-state index in [2.05, 4.69) is 10.4 Å². The molecule has 2 aromatic carbocycles. The van der Waals surface area contributed by atoms with Crippen molar-refractivity contribution in [3.05, 3.63) is 66.0 Å². The maximum absolute atomic E-state index is 12.9. The van der Waals surface area contributed by atoms with Crippen molar-refractivity contribution >= 4 is 23.2 Å². The van der Waals surface area contributed by atoms with Crippen LogP contribution in [0.5, 0.6) is 5.75 Å². The molecule has 1 aliphatic rings. The number of para-hydroxylation sites is 2. The first-order valence-corrected chi connectivity index (χ1v) is 10.4. The first kappa shape index (κ1) is 20.7. The summed E-state index contributed by atoms with van der Waals surface area (Å²) in [5, 5.41) is 7.46. The number of rotatable bonds is 6. The number of aryl methyl sites for hydroxylation is 2. The third kappa shape index (κ3) is 4.30. The van der Waals surface area contributed by atoms with Crippen LogP contribution in [0.1, 0.15) is 24.7 Å². The Morgan fingerprint density at radius 2 is 1.97 bits per heavy atom. The average Bonchev–Trinajstić information content (AvgIpc) is 3.30. The zero-order valence-electron chi connectivity index (χ0n) is 18.0. The molecule has 1 N–H and O–H groups in total. The van der Waals surface area contributed by atoms with Crippen molar-refractivity contribution < 1.29 is 14.3 Å². The molecule has 7 heteroatoms. The second-order valence-corrected chi connectivity index (χ2v) is 7.68. The van der Waals surface area contributed by atoms with Crippen LogP contribution in [0, 0.1) is 19.8 Å². The van der Waals surface area contributed by atoms with Gasteiger partial charge < -0.3 is 15.0 Å². The van der Waals surface area contributed by atoms with E-state index in [-0.39, 0.29) is 18.2 Å². The molecule has 1 saturated heterocycles. The minimum atomic E-state index is -0.431. The van der Waals surface area contributed by atoms with Crippen LogP contribution in [0.4, 0.5) is 11.4 Å². The topological polar surface area (TPSA) is 76.5 Å². The van der Waals surface area contributed by atoms with Crippen molar-refractivity contribution in [2.45, 2.75) is 27.2 Å². The molecular formula is C24H26N4O3. The predicted molar refractivity (Wildman–Crippen MR) is 120 cm³/mol. The second kappa shape index (κ2) is 8.63. The predicted octanol–water partition coefficient (Wildman–Crippen LogP) is 3.88. The Morgan fingerprint density at radius 3 is 2.71 bits per heavy atom. The highest BCUT2D eigenvalue weighted by atomic mass is 16.5. The van der Waals surface area contributed by atoms with Crippen LogP contribution < -0.4 is 15.0 Å². The lowest BCUT2D eigenvalue weighted by Gasteiger charge is -2.20. The fourth-order valence-corrected chi connectivity index (χ4v) is 3.92. The summed E-state index contributed by atoms with van der Waals surface area (Å²) in [4.78, 5) is 27.2. The summed E-state index contributed by atoms with van der Waals surface area (Å²) in [5.41, 5.74) is 4.21. The molecule has 1 unspecified atom stereocenters. The highest BCUT2D eigenvalue weighted by Crippen LogP contribution is 2.33. The number of ether oxygens (including phenoxy) is 1. The first-order chi connectivity index (χ1) is 15.0. The van der Waals surface area contributed by atoms with Crippen LogP contribution in [-0.4, -0.2) is 34.7 Å². The quantitative estimate of drug-likeness (QED) is 0.659. The van der Waals surface area contributed by atoms with Crippen molar-refractivity contribution in [1.82, 2.24) is 9.78 Å². The van der Waals surface area contributed by atoms with Gasteiger partial charge in [-0.05, 0) is 57.2 Å². The van der Waals surface area contributed by atoms with E-state index in [1.54, 1.807) is 4.90 Å². The molecule has 3 aromatic rings. The molecule has 160 valence electrons. The Kier molecular flexibility index (Phi) is 5.75. The van der Waals surface area contributed by atoms with E-state index in [1.807, 2.05) is 80.1 Å². The van der Waals surface area contributed by atoms with Gasteiger partial charge in [0, 0.05) is 24.3 Å². The van der Waals surface area contributed by atoms with E-state index < -0.39 is 5.92 Å². The molecule has 0 aliphatic carbocycles. The molecule has 1 atom stereocenters. The summed E-state index contributed by atoms with van der Waals surface area (Å²) in [5.74, 6) is -0.0320. The molecule has 1 aromatic heterocycles. The van der Waals surface area contributed by atoms with Crippen molar-refractivity contribution in [2.24, 2.45) is 5.92 Å². The number of carbonyl (C=O) groups excluding carboxylic acids is 2. The van der Waals surface area contributed by atoms with Gasteiger partial charge in [0.25, 0.3) is 0 Å². The molecule has 0 bridgehead atoms. The Balaban J connectivity index is 1.49. The molecule has 0 radical (unpaired) electrons. The van der Waals surface area contributed by atoms with E-state index in [0.717, 1.165) is 17.1 Å². The zero-order valence-corrected chi connectivity index (χ0v) is 18.0. The zero-order chi connectivity index (χ0) is 22.0. The van der Waals surface area contributed by atoms with Gasteiger partial charge >= 0.3 is 0 Å². The number of hydrogen-bond donors (Lipinski definition) is 1. The summed E-state index contributed by atoms with van der Waals surface area (Å²) in [6.07, 6.45) is 0.170. The van der Waals surface area contributed by atoms with Gasteiger partial charge in [0.15, 0.2) is 0 Å². The Morgan fingerprint density at radius 1 is 1.16 bits per heavy atom. The number of aromatic nitrogens is 2. The standard InChI is InChI=1S/C24H26N4O3/c1-4-31-22-11-6-5-10-21(22)27-15-18(13-23(27)29)24(30)25-19-8-7-9-20(14-19)28-17(3)12-16(2)26-28/h5-12,14,18H,4,13,15H2,1-3H3,(H,25,30). The number of nitrogens with zero attached hydrogens (tertiary/aromatic N) is 3. The third-order valence-electron chi connectivity index (χ3n) is 5.32. The molecular weight excluding hydrogens is 392 g/mol. The van der Waals surface area contributed by atoms with Crippen LogP contribution in [0.3, 0.4) is 0 Å². The Bertz CT molecular complexity index is 1120. The monoisotopic (exact) mass is 418 g/mol. The van der Waals surface area contributed by atoms with Crippen molar-refractivity contribution in [3.8, 4) is 11.4 Å². The molecule has 0 spiro atoms. The fourth-order valence-electron chi connectivity index (χ4n) is 3.92. The summed E-state index contributed by atoms with van der Waals surface area (Å²) < 4.78 is 7.50. The van der Waals surface area contributed by atoms with Gasteiger partial charge in [0.1, 0.15) is 5.75 Å². The normalized spacial score (nSPS) is 15.9. The molecule has 2 amide bonds. The molecule has 0 saturated carbocycles. The van der Waals surface area contributed by atoms with Gasteiger partial charge in [0.2, 0.25) is 11.8 Å². The summed E-state index contributed by atoms with van der Waals surface area (Å²) in [7, 11) is 0. The molecule has 7 nitrogen and oxygen atoms in total. The number of amides is 2. The SMILES string of the molecule is CCOc1ccccc1N1CC(C(=O)Nc2cccc(-n3nc(C)cc3C)c2)CC1=O. The van der Waals surface area contributed by atoms with Crippen LogP contribution >= 0.6 is 0 Å². The van der Waals surface area contributed by atoms with E-state index in [1.165, 1.54) is 0 Å². The van der Waals surface area contributed by atoms with Gasteiger partial charge in [0.05, 0.1) is 29.6 Å². The van der Waals surface area contributed by atoms with E-state index >= 15 is 0 Å². The van der Waals surface area contributed by atoms with Crippen molar-refractivity contribution in [3.63, 3.8) is 0 Å². The minimum absolute atomic E-state index is 0.0799. The lowest BCUT2D eigenvalue weighted by Crippen LogP contribution is -2.28. The number of benzene rings is 2. The number of hydrogen-bond acceptors (Lipinski definition) is 4. The minimum Gasteiger partial charge on any atom is -0.492 e. The van der Waals surface area contributed by atoms with E-state index in [9.17, 15) is 9.59 Å². The summed E-state index contributed by atoms with van der Waals surface area (Å²) in [6.45, 7) is 6.67. The lowest BCUT2D eigenvalue weighted by molar-refractivity contribution is -0.122. The summed E-state index contributed by atoms with van der Waals surface area (Å²) >= 11 is 0. The average molecular weight is 418 g/mol. The molecule has 4 rings (SSSR count). The van der Waals surface area contributed by atoms with Gasteiger partial charge in [-0.25, -0.2) is 4.68 Å². The van der Waals surface area contributed by atoms with Gasteiger partial charge in [-0.2, -0.15) is 5.10 Å². The van der Waals surface area contributed by atoms with Crippen LogP contribution in [0.2, 0.25) is 0 Å². The highest BCUT2D eigenvalue weighted by Gasteiger charge is 2.36. The first-order valence-electron chi connectivity index (χ1n) is 10.4. The number of carbonyl (C=O) groups is 2. The molecule has 1 aliphatic heterocycles. The second-order valence-electron chi connectivity index (χ2n) is 7.68.